The second-order valence-corrected chi connectivity index (χ2v) is 11.7. The van der Waals surface area contributed by atoms with Gasteiger partial charge in [0, 0.05) is 18.4 Å². The number of likely N-dealkylation sites (N-methyl/N-ethyl adjacent to an activating group) is 1. The molecule has 1 unspecified atom stereocenters. The number of piperidine rings is 1. The lowest BCUT2D eigenvalue weighted by atomic mass is 9.95. The first-order valence-electron chi connectivity index (χ1n) is 11.6. The van der Waals surface area contributed by atoms with Crippen LogP contribution in [0.15, 0.2) is 59.3 Å². The van der Waals surface area contributed by atoms with Gasteiger partial charge in [0.05, 0.1) is 29.8 Å². The number of halogens is 1. The summed E-state index contributed by atoms with van der Waals surface area (Å²) in [6.07, 6.45) is 2.05. The maximum absolute atomic E-state index is 13.1. The van der Waals surface area contributed by atoms with E-state index in [4.69, 9.17) is 14.6 Å². The largest absolute Gasteiger partial charge is 0.545 e. The third-order valence-electron chi connectivity index (χ3n) is 7.49. The molecular formula is C26H30BrNO8S2. The quantitative estimate of drug-likeness (QED) is 0.249. The van der Waals surface area contributed by atoms with Crippen LogP contribution in [0.5, 0.6) is 5.75 Å². The number of carboxylic acid groups (broad SMARTS) is 1. The maximum atomic E-state index is 13.1. The number of carbonyl (C=O) groups is 2. The van der Waals surface area contributed by atoms with Crippen LogP contribution in [0, 0.1) is 0 Å². The van der Waals surface area contributed by atoms with E-state index in [0.717, 1.165) is 17.3 Å². The summed E-state index contributed by atoms with van der Waals surface area (Å²) < 4.78 is 12.6. The molecule has 3 saturated heterocycles. The van der Waals surface area contributed by atoms with E-state index in [9.17, 15) is 19.8 Å². The number of rotatable bonds is 5. The minimum Gasteiger partial charge on any atom is -0.545 e. The third-order valence-corrected chi connectivity index (χ3v) is 9.44. The van der Waals surface area contributed by atoms with Gasteiger partial charge in [-0.1, -0.05) is 24.3 Å². The molecular weight excluding hydrogens is 598 g/mol. The molecule has 2 bridgehead atoms. The van der Waals surface area contributed by atoms with Gasteiger partial charge in [0.25, 0.3) is 0 Å². The zero-order valence-corrected chi connectivity index (χ0v) is 24.0. The molecule has 9 nitrogen and oxygen atoms in total. The van der Waals surface area contributed by atoms with E-state index in [1.807, 2.05) is 22.9 Å². The average Bonchev–Trinajstić information content (AvgIpc) is 3.18. The molecule has 38 heavy (non-hydrogen) atoms. The Balaban J connectivity index is 0.000000286. The summed E-state index contributed by atoms with van der Waals surface area (Å²) >= 11 is 2.74. The molecule has 3 fully saturated rings. The number of carbonyl (C=O) groups excluding carboxylic acids is 2. The van der Waals surface area contributed by atoms with Crippen LogP contribution in [0.25, 0.3) is 0 Å². The van der Waals surface area contributed by atoms with Crippen LogP contribution < -0.4 is 5.11 Å². The number of quaternary nitrogens is 1. The number of epoxide rings is 1. The lowest BCUT2D eigenvalue weighted by Gasteiger charge is -2.45. The fourth-order valence-corrected chi connectivity index (χ4v) is 7.19. The van der Waals surface area contributed by atoms with Crippen molar-refractivity contribution in [2.75, 3.05) is 14.1 Å². The predicted molar refractivity (Wildman–Crippen MR) is 145 cm³/mol. The normalized spacial score (nSPS) is 25.9. The summed E-state index contributed by atoms with van der Waals surface area (Å²) in [4.78, 5) is 24.5. The van der Waals surface area contributed by atoms with Crippen molar-refractivity contribution in [2.45, 2.75) is 48.8 Å². The molecule has 206 valence electrons. The van der Waals surface area contributed by atoms with E-state index in [-0.39, 0.29) is 39.9 Å². The lowest BCUT2D eigenvalue weighted by Crippen LogP contribution is -2.60. The van der Waals surface area contributed by atoms with Crippen molar-refractivity contribution >= 4 is 51.6 Å². The summed E-state index contributed by atoms with van der Waals surface area (Å²) in [5.41, 5.74) is -1.90. The third kappa shape index (κ3) is 5.26. The van der Waals surface area contributed by atoms with E-state index < -0.39 is 17.5 Å². The molecule has 0 saturated carbocycles. The first-order chi connectivity index (χ1) is 17.1. The van der Waals surface area contributed by atoms with Crippen molar-refractivity contribution in [3.63, 3.8) is 0 Å². The Morgan fingerprint density at radius 3 is 1.95 bits per heavy atom. The molecule has 12 heteroatoms. The topological polar surface area (TPSA) is 151 Å². The van der Waals surface area contributed by atoms with Crippen LogP contribution in [0.3, 0.4) is 0 Å². The van der Waals surface area contributed by atoms with E-state index in [1.54, 1.807) is 18.2 Å². The van der Waals surface area contributed by atoms with E-state index in [2.05, 4.69) is 14.1 Å². The minimum absolute atomic E-state index is 0. The molecule has 5 atom stereocenters. The van der Waals surface area contributed by atoms with Gasteiger partial charge in [0.15, 0.2) is 0 Å². The van der Waals surface area contributed by atoms with Crippen molar-refractivity contribution < 1.29 is 44.3 Å². The highest BCUT2D eigenvalue weighted by molar-refractivity contribution is 8.93. The van der Waals surface area contributed by atoms with Gasteiger partial charge in [0.1, 0.15) is 36.1 Å². The van der Waals surface area contributed by atoms with Crippen molar-refractivity contribution in [1.82, 2.24) is 0 Å². The second-order valence-electron chi connectivity index (χ2n) is 9.80. The van der Waals surface area contributed by atoms with Gasteiger partial charge in [-0.25, -0.2) is 4.79 Å². The van der Waals surface area contributed by atoms with Crippen molar-refractivity contribution in [1.29, 1.82) is 0 Å². The smallest absolute Gasteiger partial charge is 0.349 e. The Labute approximate surface area is 238 Å². The number of aromatic hydroxyl groups is 1. The minimum atomic E-state index is -1.72. The zero-order valence-electron chi connectivity index (χ0n) is 20.7. The highest BCUT2D eigenvalue weighted by Gasteiger charge is 2.71. The Morgan fingerprint density at radius 2 is 1.53 bits per heavy atom. The Kier molecular flexibility index (Phi) is 9.09. The number of fused-ring (bicyclic) bond motifs is 5. The fourth-order valence-electron chi connectivity index (χ4n) is 5.48. The van der Waals surface area contributed by atoms with Crippen LogP contribution in [-0.2, 0) is 19.9 Å². The fraction of sp³-hybridized carbons (Fsp3) is 0.385. The SMILES string of the molecule is Br.C[N+]1(C)[C@@H]2CC(OC(=O)C(O)(c3cccs3)c3cccs3)C[C@H]1[C@@H]1O[C@@H]12.O.O=C([O-])c1ccccc1O. The number of hydrogen-bond acceptors (Lipinski definition) is 9. The van der Waals surface area contributed by atoms with Crippen LogP contribution >= 0.6 is 39.7 Å². The van der Waals surface area contributed by atoms with Crippen LogP contribution in [0.1, 0.15) is 33.0 Å². The van der Waals surface area contributed by atoms with Crippen molar-refractivity contribution in [2.24, 2.45) is 0 Å². The number of benzene rings is 1. The molecule has 3 aliphatic heterocycles. The van der Waals surface area contributed by atoms with Gasteiger partial charge in [-0.2, -0.15) is 0 Å². The van der Waals surface area contributed by atoms with E-state index in [1.165, 1.54) is 40.9 Å². The zero-order chi connectivity index (χ0) is 25.7. The van der Waals surface area contributed by atoms with Gasteiger partial charge in [-0.3, -0.25) is 0 Å². The molecule has 0 spiro atoms. The summed E-state index contributed by atoms with van der Waals surface area (Å²) in [7, 11) is 4.49. The average molecular weight is 629 g/mol. The number of hydrogen-bond donors (Lipinski definition) is 2. The maximum Gasteiger partial charge on any atom is 0.349 e. The number of morpholine rings is 1. The first kappa shape index (κ1) is 30.2. The lowest BCUT2D eigenvalue weighted by molar-refractivity contribution is -0.938. The first-order valence-corrected chi connectivity index (χ1v) is 13.4. The summed E-state index contributed by atoms with van der Waals surface area (Å²) in [5.74, 6) is -2.19. The molecule has 2 aromatic heterocycles. The van der Waals surface area contributed by atoms with Crippen LogP contribution in [0.2, 0.25) is 0 Å². The molecule has 3 aliphatic rings. The molecule has 3 aromatic rings. The standard InChI is InChI=1S/C19H22NO4S2.C7H6O3.BrH.H2O/c1-20(2)12-9-11(10-13(20)17-16(12)24-17)23-18(21)19(22,14-5-3-7-25-14)15-6-4-8-26-15;8-6-4-2-1-3-5(6)7(9)10;;/h3-8,11-13,16-17,22H,9-10H2,1-2H3;1-4,8H,(H,9,10);1H;1H2/q+1;;;/p-1/t11?,12-,13+,16-,17+;;;. The Morgan fingerprint density at radius 1 is 1.00 bits per heavy atom. The molecule has 0 amide bonds. The number of aliphatic hydroxyl groups is 1. The van der Waals surface area contributed by atoms with Gasteiger partial charge in [-0.15, -0.1) is 39.7 Å². The molecule has 4 N–H and O–H groups in total. The molecule has 6 rings (SSSR count). The Bertz CT molecular complexity index is 1200. The number of nitrogens with zero attached hydrogens (tertiary/aromatic N) is 1. The van der Waals surface area contributed by atoms with Crippen LogP contribution in [0.4, 0.5) is 0 Å². The molecule has 0 aliphatic carbocycles. The molecule has 5 heterocycles. The summed E-state index contributed by atoms with van der Waals surface area (Å²) in [6, 6.07) is 13.6. The van der Waals surface area contributed by atoms with Crippen molar-refractivity contribution in [3.8, 4) is 5.75 Å². The van der Waals surface area contributed by atoms with Gasteiger partial charge in [0.2, 0.25) is 5.60 Å². The number of thiophene rings is 2. The summed E-state index contributed by atoms with van der Waals surface area (Å²) in [5, 5.41) is 34.1. The van der Waals surface area contributed by atoms with Crippen LogP contribution in [-0.4, -0.2) is 76.6 Å². The Hall–Kier alpha value is -2.32. The number of ether oxygens (including phenoxy) is 2. The van der Waals surface area contributed by atoms with E-state index >= 15 is 0 Å². The van der Waals surface area contributed by atoms with Gasteiger partial charge in [-0.05, 0) is 35.0 Å². The highest BCUT2D eigenvalue weighted by Crippen LogP contribution is 2.52. The highest BCUT2D eigenvalue weighted by atomic mass is 79.9. The molecule has 1 aromatic carbocycles. The monoisotopic (exact) mass is 627 g/mol. The van der Waals surface area contributed by atoms with Gasteiger partial charge >= 0.3 is 5.97 Å². The predicted octanol–water partition coefficient (Wildman–Crippen LogP) is 1.85. The number of para-hydroxylation sites is 1. The number of carboxylic acids is 1. The number of phenols is 1. The van der Waals surface area contributed by atoms with Crippen molar-refractivity contribution in [3.05, 3.63) is 74.6 Å². The second kappa shape index (κ2) is 11.4. The molecule has 0 radical (unpaired) electrons. The number of esters is 1. The number of aromatic carboxylic acids is 1. The summed E-state index contributed by atoms with van der Waals surface area (Å²) in [6.45, 7) is 0. The van der Waals surface area contributed by atoms with Gasteiger partial charge < -0.3 is 39.5 Å². The van der Waals surface area contributed by atoms with E-state index in [0.29, 0.717) is 34.0 Å².